The van der Waals surface area contributed by atoms with Crippen LogP contribution in [0, 0.1) is 6.92 Å². The largest absolute Gasteiger partial charge is 0.378 e. The van der Waals surface area contributed by atoms with Gasteiger partial charge in [0.05, 0.1) is 13.2 Å². The molecule has 5 heteroatoms. The summed E-state index contributed by atoms with van der Waals surface area (Å²) in [5.41, 5.74) is 2.52. The number of ether oxygens (including phenoxy) is 1. The number of hydrogen-bond acceptors (Lipinski definition) is 5. The van der Waals surface area contributed by atoms with Crippen molar-refractivity contribution in [2.75, 3.05) is 36.5 Å². The summed E-state index contributed by atoms with van der Waals surface area (Å²) in [5.74, 6) is 2.56. The van der Waals surface area contributed by atoms with E-state index >= 15 is 0 Å². The molecular weight excluding hydrogens is 300 g/mol. The summed E-state index contributed by atoms with van der Waals surface area (Å²) in [6, 6.07) is 10.5. The number of benzene rings is 1. The summed E-state index contributed by atoms with van der Waals surface area (Å²) in [6.45, 7) is 11.8. The van der Waals surface area contributed by atoms with Gasteiger partial charge in [0.25, 0.3) is 0 Å². The van der Waals surface area contributed by atoms with Gasteiger partial charge < -0.3 is 15.0 Å². The molecule has 1 aliphatic rings. The molecule has 1 aromatic carbocycles. The van der Waals surface area contributed by atoms with Gasteiger partial charge in [-0.3, -0.25) is 0 Å². The number of hydrogen-bond donors (Lipinski definition) is 1. The molecule has 128 valence electrons. The van der Waals surface area contributed by atoms with E-state index in [1.165, 1.54) is 5.56 Å². The van der Waals surface area contributed by atoms with E-state index < -0.39 is 0 Å². The zero-order valence-corrected chi connectivity index (χ0v) is 15.0. The summed E-state index contributed by atoms with van der Waals surface area (Å²) in [7, 11) is 0. The van der Waals surface area contributed by atoms with E-state index in [1.807, 2.05) is 13.0 Å². The Kier molecular flexibility index (Phi) is 4.71. The molecular formula is C19H26N4O. The van der Waals surface area contributed by atoms with Crippen molar-refractivity contribution in [2.24, 2.45) is 0 Å². The molecule has 0 aliphatic carbocycles. The number of anilines is 3. The second kappa shape index (κ2) is 6.77. The van der Waals surface area contributed by atoms with Crippen LogP contribution < -0.4 is 10.2 Å². The van der Waals surface area contributed by atoms with Crippen LogP contribution in [0.5, 0.6) is 0 Å². The number of aromatic nitrogens is 2. The molecule has 0 amide bonds. The van der Waals surface area contributed by atoms with Gasteiger partial charge >= 0.3 is 0 Å². The van der Waals surface area contributed by atoms with Crippen molar-refractivity contribution in [2.45, 2.75) is 33.1 Å². The van der Waals surface area contributed by atoms with Crippen molar-refractivity contribution >= 4 is 17.3 Å². The first-order valence-corrected chi connectivity index (χ1v) is 8.48. The monoisotopic (exact) mass is 326 g/mol. The van der Waals surface area contributed by atoms with Crippen LogP contribution in [0.4, 0.5) is 17.3 Å². The summed E-state index contributed by atoms with van der Waals surface area (Å²) in [5, 5.41) is 3.39. The van der Waals surface area contributed by atoms with Crippen LogP contribution in [0.1, 0.15) is 32.2 Å². The molecule has 1 N–H and O–H groups in total. The molecule has 1 saturated heterocycles. The highest BCUT2D eigenvalue weighted by molar-refractivity contribution is 5.60. The molecule has 1 aromatic heterocycles. The fraction of sp³-hybridized carbons (Fsp3) is 0.474. The molecule has 2 aromatic rings. The van der Waals surface area contributed by atoms with E-state index in [2.05, 4.69) is 65.2 Å². The minimum atomic E-state index is 0.160. The number of rotatable bonds is 3. The number of nitrogens with zero attached hydrogens (tertiary/aromatic N) is 3. The summed E-state index contributed by atoms with van der Waals surface area (Å²) < 4.78 is 5.42. The highest BCUT2D eigenvalue weighted by Crippen LogP contribution is 2.25. The van der Waals surface area contributed by atoms with Crippen molar-refractivity contribution in [1.29, 1.82) is 0 Å². The third-order valence-electron chi connectivity index (χ3n) is 4.18. The lowest BCUT2D eigenvalue weighted by Crippen LogP contribution is -2.36. The molecule has 3 rings (SSSR count). The number of aryl methyl sites for hydroxylation is 1. The standard InChI is InChI=1S/C19H26N4O/c1-14-20-17(13-18(21-14)23-9-11-24-12-10-23)22-16-7-5-15(6-8-16)19(2,3)4/h5-8,13H,9-12H2,1-4H3,(H,20,21,22). The number of morpholine rings is 1. The van der Waals surface area contributed by atoms with Crippen LogP contribution in [-0.2, 0) is 10.2 Å². The van der Waals surface area contributed by atoms with Gasteiger partial charge in [-0.15, -0.1) is 0 Å². The van der Waals surface area contributed by atoms with Crippen molar-refractivity contribution in [3.8, 4) is 0 Å². The van der Waals surface area contributed by atoms with Crippen LogP contribution in [0.3, 0.4) is 0 Å². The average Bonchev–Trinajstić information content (AvgIpc) is 2.55. The first-order chi connectivity index (χ1) is 11.4. The minimum absolute atomic E-state index is 0.160. The van der Waals surface area contributed by atoms with Crippen molar-refractivity contribution < 1.29 is 4.74 Å². The van der Waals surface area contributed by atoms with Crippen LogP contribution in [-0.4, -0.2) is 36.3 Å². The summed E-state index contributed by atoms with van der Waals surface area (Å²) in [4.78, 5) is 11.3. The van der Waals surface area contributed by atoms with Crippen LogP contribution in [0.25, 0.3) is 0 Å². The maximum atomic E-state index is 5.42. The Hall–Kier alpha value is -2.14. The molecule has 0 spiro atoms. The van der Waals surface area contributed by atoms with Crippen molar-refractivity contribution in [3.63, 3.8) is 0 Å². The molecule has 0 unspecified atom stereocenters. The zero-order valence-electron chi connectivity index (χ0n) is 15.0. The maximum Gasteiger partial charge on any atom is 0.136 e. The van der Waals surface area contributed by atoms with Crippen LogP contribution in [0.15, 0.2) is 30.3 Å². The molecule has 0 saturated carbocycles. The fourth-order valence-corrected chi connectivity index (χ4v) is 2.77. The van der Waals surface area contributed by atoms with E-state index in [1.54, 1.807) is 0 Å². The van der Waals surface area contributed by atoms with Gasteiger partial charge in [-0.1, -0.05) is 32.9 Å². The molecule has 2 heterocycles. The van der Waals surface area contributed by atoms with Gasteiger partial charge in [-0.05, 0) is 30.0 Å². The third kappa shape index (κ3) is 4.03. The van der Waals surface area contributed by atoms with Crippen LogP contribution >= 0.6 is 0 Å². The zero-order chi connectivity index (χ0) is 17.2. The second-order valence-corrected chi connectivity index (χ2v) is 7.21. The quantitative estimate of drug-likeness (QED) is 0.933. The number of nitrogens with one attached hydrogen (secondary N) is 1. The summed E-state index contributed by atoms with van der Waals surface area (Å²) in [6.07, 6.45) is 0. The maximum absolute atomic E-state index is 5.42. The lowest BCUT2D eigenvalue weighted by Gasteiger charge is -2.28. The third-order valence-corrected chi connectivity index (χ3v) is 4.18. The first kappa shape index (κ1) is 16.7. The van der Waals surface area contributed by atoms with Gasteiger partial charge in [0.1, 0.15) is 17.5 Å². The Labute approximate surface area is 144 Å². The highest BCUT2D eigenvalue weighted by Gasteiger charge is 2.15. The average molecular weight is 326 g/mol. The van der Waals surface area contributed by atoms with E-state index in [9.17, 15) is 0 Å². The topological polar surface area (TPSA) is 50.3 Å². The molecule has 24 heavy (non-hydrogen) atoms. The Morgan fingerprint density at radius 2 is 1.71 bits per heavy atom. The van der Waals surface area contributed by atoms with Gasteiger partial charge in [-0.2, -0.15) is 0 Å². The lowest BCUT2D eigenvalue weighted by atomic mass is 9.87. The predicted octanol–water partition coefficient (Wildman–Crippen LogP) is 3.66. The van der Waals surface area contributed by atoms with Crippen molar-refractivity contribution in [1.82, 2.24) is 9.97 Å². The predicted molar refractivity (Wildman–Crippen MR) is 98.2 cm³/mol. The smallest absolute Gasteiger partial charge is 0.136 e. The molecule has 0 atom stereocenters. The molecule has 5 nitrogen and oxygen atoms in total. The Balaban J connectivity index is 1.78. The summed E-state index contributed by atoms with van der Waals surface area (Å²) >= 11 is 0. The van der Waals surface area contributed by atoms with Crippen molar-refractivity contribution in [3.05, 3.63) is 41.7 Å². The van der Waals surface area contributed by atoms with Gasteiger partial charge in [0.15, 0.2) is 0 Å². The Morgan fingerprint density at radius 3 is 2.33 bits per heavy atom. The second-order valence-electron chi connectivity index (χ2n) is 7.21. The van der Waals surface area contributed by atoms with Crippen LogP contribution in [0.2, 0.25) is 0 Å². The SMILES string of the molecule is Cc1nc(Nc2ccc(C(C)(C)C)cc2)cc(N2CCOCC2)n1. The lowest BCUT2D eigenvalue weighted by molar-refractivity contribution is 0.122. The molecule has 1 aliphatic heterocycles. The normalized spacial score (nSPS) is 15.4. The molecule has 1 fully saturated rings. The molecule has 0 radical (unpaired) electrons. The van der Waals surface area contributed by atoms with Gasteiger partial charge in [-0.25, -0.2) is 9.97 Å². The Morgan fingerprint density at radius 1 is 1.04 bits per heavy atom. The van der Waals surface area contributed by atoms with E-state index in [0.29, 0.717) is 0 Å². The fourth-order valence-electron chi connectivity index (χ4n) is 2.77. The minimum Gasteiger partial charge on any atom is -0.378 e. The first-order valence-electron chi connectivity index (χ1n) is 8.48. The highest BCUT2D eigenvalue weighted by atomic mass is 16.5. The van der Waals surface area contributed by atoms with E-state index in [4.69, 9.17) is 4.74 Å². The van der Waals surface area contributed by atoms with E-state index in [0.717, 1.165) is 49.5 Å². The molecule has 0 bridgehead atoms. The van der Waals surface area contributed by atoms with Gasteiger partial charge in [0, 0.05) is 24.8 Å². The van der Waals surface area contributed by atoms with Gasteiger partial charge in [0.2, 0.25) is 0 Å². The Bertz CT molecular complexity index is 686. The van der Waals surface area contributed by atoms with E-state index in [-0.39, 0.29) is 5.41 Å².